The van der Waals surface area contributed by atoms with Gasteiger partial charge in [-0.05, 0) is 61.3 Å². The molecule has 2 aromatic heterocycles. The van der Waals surface area contributed by atoms with Crippen LogP contribution in [0.5, 0.6) is 0 Å². The highest BCUT2D eigenvalue weighted by atomic mass is 16.4. The first kappa shape index (κ1) is 25.4. The Hall–Kier alpha value is -4.28. The van der Waals surface area contributed by atoms with Crippen LogP contribution in [0.1, 0.15) is 80.3 Å². The first-order chi connectivity index (χ1) is 18.2. The monoisotopic (exact) mass is 518 g/mol. The third kappa shape index (κ3) is 4.83. The fourth-order valence-corrected chi connectivity index (χ4v) is 5.46. The number of benzene rings is 1. The number of hydrogen-bond acceptors (Lipinski definition) is 6. The number of nitrogens with zero attached hydrogens (tertiary/aromatic N) is 4. The van der Waals surface area contributed by atoms with Crippen molar-refractivity contribution in [2.45, 2.75) is 45.6 Å². The molecule has 2 aliphatic rings. The van der Waals surface area contributed by atoms with Crippen molar-refractivity contribution in [1.82, 2.24) is 30.1 Å². The summed E-state index contributed by atoms with van der Waals surface area (Å²) >= 11 is 0. The lowest BCUT2D eigenvalue weighted by Gasteiger charge is -2.31. The Bertz CT molecular complexity index is 1440. The van der Waals surface area contributed by atoms with E-state index in [1.54, 1.807) is 32.0 Å². The molecule has 1 aliphatic heterocycles. The van der Waals surface area contributed by atoms with Crippen LogP contribution in [0.25, 0.3) is 5.65 Å². The number of fused-ring (bicyclic) bond motifs is 2. The van der Waals surface area contributed by atoms with E-state index in [1.807, 2.05) is 4.90 Å². The molecule has 3 N–H and O–H groups in total. The van der Waals surface area contributed by atoms with Crippen LogP contribution in [-0.2, 0) is 11.2 Å². The second-order valence-electron chi connectivity index (χ2n) is 9.96. The molecule has 198 valence electrons. The van der Waals surface area contributed by atoms with E-state index in [0.717, 1.165) is 29.5 Å². The van der Waals surface area contributed by atoms with Gasteiger partial charge in [-0.15, -0.1) is 0 Å². The Balaban J connectivity index is 1.30. The van der Waals surface area contributed by atoms with E-state index in [9.17, 15) is 24.3 Å². The molecule has 1 aliphatic carbocycles. The molecule has 3 heterocycles. The van der Waals surface area contributed by atoms with Crippen molar-refractivity contribution in [3.8, 4) is 0 Å². The van der Waals surface area contributed by atoms with Crippen molar-refractivity contribution in [3.05, 3.63) is 64.1 Å². The molecule has 0 radical (unpaired) electrons. The molecule has 0 spiro atoms. The van der Waals surface area contributed by atoms with E-state index in [2.05, 4.69) is 20.7 Å². The van der Waals surface area contributed by atoms with Crippen LogP contribution < -0.4 is 10.6 Å². The molecule has 1 atom stereocenters. The average Bonchev–Trinajstić information content (AvgIpc) is 3.54. The smallest absolute Gasteiger partial charge is 0.335 e. The third-order valence-corrected chi connectivity index (χ3v) is 7.66. The molecule has 11 nitrogen and oxygen atoms in total. The molecular formula is C27H30N6O5. The molecule has 5 rings (SSSR count). The highest BCUT2D eigenvalue weighted by molar-refractivity contribution is 5.98. The third-order valence-electron chi connectivity index (χ3n) is 7.66. The Labute approximate surface area is 219 Å². The lowest BCUT2D eigenvalue weighted by Crippen LogP contribution is -2.40. The SMILES string of the molecule is CC(=O)N1CCC(CNC(=O)c2cc(C(=O)N[C@H]3CCc4c3ccc(C(=O)O)c4C)n3nccc3n2)CC1. The van der Waals surface area contributed by atoms with Gasteiger partial charge in [0.2, 0.25) is 5.91 Å². The van der Waals surface area contributed by atoms with Crippen LogP contribution >= 0.6 is 0 Å². The zero-order chi connectivity index (χ0) is 27.0. The lowest BCUT2D eigenvalue weighted by atomic mass is 9.97. The number of likely N-dealkylation sites (tertiary alicyclic amines) is 1. The molecule has 38 heavy (non-hydrogen) atoms. The van der Waals surface area contributed by atoms with Gasteiger partial charge in [-0.2, -0.15) is 5.10 Å². The largest absolute Gasteiger partial charge is 0.478 e. The maximum Gasteiger partial charge on any atom is 0.335 e. The Kier molecular flexibility index (Phi) is 6.83. The minimum Gasteiger partial charge on any atom is -0.478 e. The maximum absolute atomic E-state index is 13.4. The number of hydrogen-bond donors (Lipinski definition) is 3. The molecular weight excluding hydrogens is 488 g/mol. The zero-order valence-corrected chi connectivity index (χ0v) is 21.4. The molecule has 0 unspecified atom stereocenters. The number of aromatic carboxylic acids is 1. The Morgan fingerprint density at radius 1 is 1.08 bits per heavy atom. The summed E-state index contributed by atoms with van der Waals surface area (Å²) in [6.45, 7) is 5.19. The molecule has 1 fully saturated rings. The predicted molar refractivity (Wildman–Crippen MR) is 137 cm³/mol. The summed E-state index contributed by atoms with van der Waals surface area (Å²) in [6, 6.07) is 6.13. The van der Waals surface area contributed by atoms with Crippen molar-refractivity contribution in [3.63, 3.8) is 0 Å². The number of carbonyl (C=O) groups excluding carboxylic acids is 3. The summed E-state index contributed by atoms with van der Waals surface area (Å²) in [6.07, 6.45) is 4.47. The van der Waals surface area contributed by atoms with Crippen molar-refractivity contribution < 1.29 is 24.3 Å². The highest BCUT2D eigenvalue weighted by Gasteiger charge is 2.29. The first-order valence-electron chi connectivity index (χ1n) is 12.8. The van der Waals surface area contributed by atoms with E-state index in [-0.39, 0.29) is 40.7 Å². The zero-order valence-electron chi connectivity index (χ0n) is 21.4. The quantitative estimate of drug-likeness (QED) is 0.453. The summed E-state index contributed by atoms with van der Waals surface area (Å²) in [5.41, 5.74) is 3.53. The van der Waals surface area contributed by atoms with Crippen LogP contribution in [-0.4, -0.2) is 67.9 Å². The predicted octanol–water partition coefficient (Wildman–Crippen LogP) is 2.14. The standard InChI is InChI=1S/C27H30N6O5/c1-15-18-5-6-21(20(18)4-3-19(15)27(37)38)31-26(36)23-13-22(30-24-7-10-29-33(23)24)25(35)28-14-17-8-11-32(12-9-17)16(2)34/h3-4,7,10,13,17,21H,5-6,8-9,11-12,14H2,1-2H3,(H,28,35)(H,31,36)(H,37,38)/t21-/m0/s1. The summed E-state index contributed by atoms with van der Waals surface area (Å²) in [5, 5.41) is 19.6. The van der Waals surface area contributed by atoms with E-state index in [4.69, 9.17) is 0 Å². The summed E-state index contributed by atoms with van der Waals surface area (Å²) in [4.78, 5) is 55.6. The van der Waals surface area contributed by atoms with Gasteiger partial charge in [-0.1, -0.05) is 6.07 Å². The molecule has 1 saturated heterocycles. The van der Waals surface area contributed by atoms with Crippen LogP contribution in [0, 0.1) is 12.8 Å². The van der Waals surface area contributed by atoms with Gasteiger partial charge in [0.25, 0.3) is 11.8 Å². The number of carboxylic acid groups (broad SMARTS) is 1. The molecule has 3 amide bonds. The van der Waals surface area contributed by atoms with Gasteiger partial charge in [-0.25, -0.2) is 14.3 Å². The molecule has 11 heteroatoms. The molecule has 0 bridgehead atoms. The second kappa shape index (κ2) is 10.2. The Morgan fingerprint density at radius 2 is 1.84 bits per heavy atom. The van der Waals surface area contributed by atoms with Gasteiger partial charge in [-0.3, -0.25) is 14.4 Å². The summed E-state index contributed by atoms with van der Waals surface area (Å²) in [5.74, 6) is -1.41. The van der Waals surface area contributed by atoms with Crippen LogP contribution in [0.15, 0.2) is 30.5 Å². The number of amides is 3. The van der Waals surface area contributed by atoms with Crippen molar-refractivity contribution >= 4 is 29.3 Å². The number of piperidine rings is 1. The first-order valence-corrected chi connectivity index (χ1v) is 12.8. The average molecular weight is 519 g/mol. The van der Waals surface area contributed by atoms with Crippen LogP contribution in [0.3, 0.4) is 0 Å². The van der Waals surface area contributed by atoms with E-state index < -0.39 is 11.9 Å². The summed E-state index contributed by atoms with van der Waals surface area (Å²) in [7, 11) is 0. The van der Waals surface area contributed by atoms with E-state index in [1.165, 1.54) is 16.8 Å². The fraction of sp³-hybridized carbons (Fsp3) is 0.407. The Morgan fingerprint density at radius 3 is 2.55 bits per heavy atom. The minimum absolute atomic E-state index is 0.0674. The fourth-order valence-electron chi connectivity index (χ4n) is 5.46. The topological polar surface area (TPSA) is 146 Å². The number of nitrogens with one attached hydrogen (secondary N) is 2. The van der Waals surface area contributed by atoms with E-state index in [0.29, 0.717) is 38.1 Å². The summed E-state index contributed by atoms with van der Waals surface area (Å²) < 4.78 is 1.40. The minimum atomic E-state index is -0.969. The number of carbonyl (C=O) groups is 4. The lowest BCUT2D eigenvalue weighted by molar-refractivity contribution is -0.130. The van der Waals surface area contributed by atoms with Gasteiger partial charge in [0.05, 0.1) is 17.8 Å². The van der Waals surface area contributed by atoms with Gasteiger partial charge in [0, 0.05) is 38.7 Å². The van der Waals surface area contributed by atoms with Crippen molar-refractivity contribution in [2.75, 3.05) is 19.6 Å². The number of carboxylic acids is 1. The van der Waals surface area contributed by atoms with Gasteiger partial charge >= 0.3 is 5.97 Å². The second-order valence-corrected chi connectivity index (χ2v) is 9.96. The molecule has 1 aromatic carbocycles. The van der Waals surface area contributed by atoms with Crippen molar-refractivity contribution in [2.24, 2.45) is 5.92 Å². The maximum atomic E-state index is 13.4. The van der Waals surface area contributed by atoms with Crippen LogP contribution in [0.2, 0.25) is 0 Å². The highest BCUT2D eigenvalue weighted by Crippen LogP contribution is 2.35. The van der Waals surface area contributed by atoms with Gasteiger partial charge < -0.3 is 20.6 Å². The van der Waals surface area contributed by atoms with Gasteiger partial charge in [0.15, 0.2) is 5.65 Å². The van der Waals surface area contributed by atoms with E-state index >= 15 is 0 Å². The van der Waals surface area contributed by atoms with Gasteiger partial charge in [0.1, 0.15) is 11.4 Å². The normalized spacial score (nSPS) is 17.3. The van der Waals surface area contributed by atoms with Crippen molar-refractivity contribution in [1.29, 1.82) is 0 Å². The number of rotatable bonds is 6. The molecule has 3 aromatic rings. The van der Waals surface area contributed by atoms with Crippen LogP contribution in [0.4, 0.5) is 0 Å². The molecule has 0 saturated carbocycles. The number of aromatic nitrogens is 3.